The van der Waals surface area contributed by atoms with Crippen LogP contribution in [-0.4, -0.2) is 14.3 Å². The van der Waals surface area contributed by atoms with Gasteiger partial charge in [-0.25, -0.2) is 0 Å². The van der Waals surface area contributed by atoms with Crippen LogP contribution in [0, 0.1) is 0 Å². The molecule has 0 aliphatic carbocycles. The Bertz CT molecular complexity index is 1390. The summed E-state index contributed by atoms with van der Waals surface area (Å²) < 4.78 is 4.60. The number of hydrogen-bond donors (Lipinski definition) is 0. The Hall–Kier alpha value is -3.88. The first-order chi connectivity index (χ1) is 17.4. The molecule has 0 unspecified atom stereocenters. The maximum atomic E-state index is 2.35. The Balaban J connectivity index is 1.77. The minimum absolute atomic E-state index is 1.29. The molecule has 1 aliphatic heterocycles. The van der Waals surface area contributed by atoms with Gasteiger partial charge in [-0.15, -0.1) is 0 Å². The van der Waals surface area contributed by atoms with Gasteiger partial charge >= 0.3 is 213 Å². The standard InChI is InChI=1S/C34H26Ge/c1-6-16-26(17-7-1)31-32(27-18-8-2-9-19-27)34(29-22-12-4-13-23-29)35(30-24-14-5-15-25-30)33(31)28-20-10-3-11-21-28/h1-25,35H. The van der Waals surface area contributed by atoms with E-state index in [2.05, 4.69) is 152 Å². The molecule has 1 aliphatic rings. The van der Waals surface area contributed by atoms with Crippen LogP contribution in [0.5, 0.6) is 0 Å². The fraction of sp³-hybridized carbons (Fsp3) is 0. The van der Waals surface area contributed by atoms with Gasteiger partial charge in [-0.1, -0.05) is 0 Å². The van der Waals surface area contributed by atoms with Crippen molar-refractivity contribution in [2.45, 2.75) is 0 Å². The van der Waals surface area contributed by atoms with Gasteiger partial charge in [0.25, 0.3) is 0 Å². The monoisotopic (exact) mass is 508 g/mol. The van der Waals surface area contributed by atoms with Crippen LogP contribution in [0.2, 0.25) is 0 Å². The van der Waals surface area contributed by atoms with E-state index in [4.69, 9.17) is 0 Å². The summed E-state index contributed by atoms with van der Waals surface area (Å²) in [5.41, 5.74) is 8.08. The molecule has 0 spiro atoms. The van der Waals surface area contributed by atoms with Gasteiger partial charge in [0.1, 0.15) is 0 Å². The maximum absolute atomic E-state index is 2.50. The van der Waals surface area contributed by atoms with Crippen LogP contribution in [0.4, 0.5) is 0 Å². The van der Waals surface area contributed by atoms with Crippen molar-refractivity contribution in [3.8, 4) is 0 Å². The fourth-order valence-electron chi connectivity index (χ4n) is 5.35. The summed E-state index contributed by atoms with van der Waals surface area (Å²) in [6.45, 7) is 0. The van der Waals surface area contributed by atoms with Gasteiger partial charge in [0, 0.05) is 0 Å². The molecule has 0 nitrogen and oxygen atoms in total. The zero-order valence-electron chi connectivity index (χ0n) is 19.5. The molecule has 0 N–H and O–H groups in total. The van der Waals surface area contributed by atoms with Gasteiger partial charge in [0.2, 0.25) is 0 Å². The van der Waals surface area contributed by atoms with Crippen LogP contribution < -0.4 is 4.40 Å². The molecule has 0 bridgehead atoms. The molecule has 0 radical (unpaired) electrons. The van der Waals surface area contributed by atoms with Crippen molar-refractivity contribution >= 4 is 38.7 Å². The Morgan fingerprint density at radius 3 is 0.914 bits per heavy atom. The Kier molecular flexibility index (Phi) is 6.04. The third-order valence-electron chi connectivity index (χ3n) is 6.79. The molecule has 166 valence electrons. The van der Waals surface area contributed by atoms with Crippen molar-refractivity contribution < 1.29 is 0 Å². The second-order valence-corrected chi connectivity index (χ2v) is 14.5. The van der Waals surface area contributed by atoms with Crippen LogP contribution in [0.1, 0.15) is 22.3 Å². The molecule has 0 amide bonds. The van der Waals surface area contributed by atoms with E-state index in [1.807, 2.05) is 0 Å². The molecule has 1 heterocycles. The topological polar surface area (TPSA) is 0 Å². The Morgan fingerprint density at radius 1 is 0.286 bits per heavy atom. The van der Waals surface area contributed by atoms with Gasteiger partial charge in [-0.05, 0) is 0 Å². The fourth-order valence-corrected chi connectivity index (χ4v) is 13.3. The second kappa shape index (κ2) is 9.78. The summed E-state index contributed by atoms with van der Waals surface area (Å²) >= 11 is -2.50. The molecule has 0 atom stereocenters. The summed E-state index contributed by atoms with van der Waals surface area (Å²) in [5.74, 6) is 0. The predicted octanol–water partition coefficient (Wildman–Crippen LogP) is 7.43. The first-order valence-electron chi connectivity index (χ1n) is 12.2. The summed E-state index contributed by atoms with van der Waals surface area (Å²) in [7, 11) is 0. The average Bonchev–Trinajstić information content (AvgIpc) is 3.32. The third kappa shape index (κ3) is 4.11. The van der Waals surface area contributed by atoms with E-state index in [0.717, 1.165) is 0 Å². The number of benzene rings is 5. The molecular formula is C34H26Ge. The van der Waals surface area contributed by atoms with Crippen molar-refractivity contribution in [2.75, 3.05) is 0 Å². The first kappa shape index (κ1) is 21.6. The normalized spacial score (nSPS) is 13.9. The molecule has 35 heavy (non-hydrogen) atoms. The van der Waals surface area contributed by atoms with Crippen LogP contribution >= 0.6 is 0 Å². The van der Waals surface area contributed by atoms with Crippen LogP contribution in [0.25, 0.3) is 20.0 Å². The van der Waals surface area contributed by atoms with Gasteiger partial charge in [-0.2, -0.15) is 0 Å². The van der Waals surface area contributed by atoms with Crippen molar-refractivity contribution in [2.24, 2.45) is 0 Å². The average molecular weight is 507 g/mol. The number of allylic oxidation sites excluding steroid dienone is 2. The zero-order chi connectivity index (χ0) is 23.5. The molecular weight excluding hydrogens is 481 g/mol. The first-order valence-corrected chi connectivity index (χ1v) is 15.8. The SMILES string of the molecule is c1ccc(C2=[C](c3ccccc3)[GeH]([c]3ccccc3)[C](c3ccccc3)=C2c2ccccc2)cc1. The molecule has 1 heteroatoms. The molecule has 0 fully saturated rings. The van der Waals surface area contributed by atoms with E-state index < -0.39 is 14.3 Å². The summed E-state index contributed by atoms with van der Waals surface area (Å²) in [5, 5.41) is 0. The van der Waals surface area contributed by atoms with Crippen molar-refractivity contribution in [1.82, 2.24) is 0 Å². The van der Waals surface area contributed by atoms with Gasteiger partial charge in [0.15, 0.2) is 0 Å². The van der Waals surface area contributed by atoms with E-state index in [0.29, 0.717) is 0 Å². The summed E-state index contributed by atoms with van der Waals surface area (Å²) in [6, 6.07) is 55.4. The third-order valence-corrected chi connectivity index (χ3v) is 14.0. The molecule has 0 aromatic heterocycles. The zero-order valence-corrected chi connectivity index (χ0v) is 21.9. The quantitative estimate of drug-likeness (QED) is 0.217. The Labute approximate surface area is 212 Å². The predicted molar refractivity (Wildman–Crippen MR) is 153 cm³/mol. The van der Waals surface area contributed by atoms with E-state index in [-0.39, 0.29) is 0 Å². The van der Waals surface area contributed by atoms with Gasteiger partial charge < -0.3 is 0 Å². The summed E-state index contributed by atoms with van der Waals surface area (Å²) in [4.78, 5) is 0. The van der Waals surface area contributed by atoms with E-state index >= 15 is 0 Å². The minimum atomic E-state index is -2.50. The van der Waals surface area contributed by atoms with E-state index in [9.17, 15) is 0 Å². The Morgan fingerprint density at radius 2 is 0.571 bits per heavy atom. The van der Waals surface area contributed by atoms with Crippen LogP contribution in [0.15, 0.2) is 152 Å². The second-order valence-electron chi connectivity index (χ2n) is 8.89. The van der Waals surface area contributed by atoms with E-state index in [1.165, 1.54) is 37.8 Å². The van der Waals surface area contributed by atoms with Crippen molar-refractivity contribution in [1.29, 1.82) is 0 Å². The van der Waals surface area contributed by atoms with Gasteiger partial charge in [0.05, 0.1) is 0 Å². The molecule has 6 rings (SSSR count). The molecule has 0 saturated carbocycles. The van der Waals surface area contributed by atoms with E-state index in [1.54, 1.807) is 8.81 Å². The summed E-state index contributed by atoms with van der Waals surface area (Å²) in [6.07, 6.45) is 0. The van der Waals surface area contributed by atoms with Gasteiger partial charge in [-0.3, -0.25) is 0 Å². The van der Waals surface area contributed by atoms with Crippen molar-refractivity contribution in [3.05, 3.63) is 174 Å². The molecule has 5 aromatic rings. The van der Waals surface area contributed by atoms with Crippen molar-refractivity contribution in [3.63, 3.8) is 0 Å². The molecule has 0 saturated heterocycles. The van der Waals surface area contributed by atoms with Crippen LogP contribution in [-0.2, 0) is 0 Å². The number of hydrogen-bond acceptors (Lipinski definition) is 0. The van der Waals surface area contributed by atoms with Crippen LogP contribution in [0.3, 0.4) is 0 Å². The number of rotatable bonds is 5. The molecule has 5 aromatic carbocycles.